The fourth-order valence-electron chi connectivity index (χ4n) is 0.938. The normalized spacial score (nSPS) is 12.2. The Kier molecular flexibility index (Phi) is 3.37. The monoisotopic (exact) mass is 195 g/mol. The lowest BCUT2D eigenvalue weighted by Crippen LogP contribution is -1.94. The lowest BCUT2D eigenvalue weighted by molar-refractivity contribution is -0.105. The second kappa shape index (κ2) is 4.33. The van der Waals surface area contributed by atoms with Gasteiger partial charge < -0.3 is 0 Å². The summed E-state index contributed by atoms with van der Waals surface area (Å²) in [5.41, 5.74) is 3.61. The molecule has 0 radical (unpaired) electrons. The maximum atomic E-state index is 10.7. The van der Waals surface area contributed by atoms with E-state index >= 15 is 0 Å². The molecule has 0 fully saturated rings. The van der Waals surface area contributed by atoms with Crippen LogP contribution in [0.4, 0.5) is 0 Å². The number of thiazole rings is 1. The van der Waals surface area contributed by atoms with Crippen molar-refractivity contribution in [1.29, 1.82) is 0 Å². The molecule has 0 aliphatic carbocycles. The first kappa shape index (κ1) is 10.1. The second-order valence-electron chi connectivity index (χ2n) is 3.22. The minimum atomic E-state index is 0.277. The molecule has 0 unspecified atom stereocenters. The Morgan fingerprint density at radius 2 is 2.31 bits per heavy atom. The fourth-order valence-corrected chi connectivity index (χ4v) is 1.69. The fraction of sp³-hybridized carbons (Fsp3) is 0.400. The summed E-state index contributed by atoms with van der Waals surface area (Å²) in [7, 11) is 0. The first-order chi connectivity index (χ1) is 6.15. The smallest absolute Gasteiger partial charge is 0.146 e. The zero-order valence-corrected chi connectivity index (χ0v) is 8.89. The average Bonchev–Trinajstić information content (AvgIpc) is 2.46. The SMILES string of the molecule is Cc1ncsc1C=C(C=O)C(C)C. The molecule has 3 heteroatoms. The molecule has 0 N–H and O–H groups in total. The second-order valence-corrected chi connectivity index (χ2v) is 4.11. The van der Waals surface area contributed by atoms with Crippen molar-refractivity contribution in [3.8, 4) is 0 Å². The number of aryl methyl sites for hydroxylation is 1. The molecule has 0 amide bonds. The highest BCUT2D eigenvalue weighted by Crippen LogP contribution is 2.18. The Bertz CT molecular complexity index is 325. The summed E-state index contributed by atoms with van der Waals surface area (Å²) in [6.07, 6.45) is 2.84. The molecular weight excluding hydrogens is 182 g/mol. The highest BCUT2D eigenvalue weighted by molar-refractivity contribution is 7.10. The van der Waals surface area contributed by atoms with Crippen molar-refractivity contribution >= 4 is 23.7 Å². The van der Waals surface area contributed by atoms with Crippen LogP contribution < -0.4 is 0 Å². The summed E-state index contributed by atoms with van der Waals surface area (Å²) in [5, 5.41) is 0. The van der Waals surface area contributed by atoms with Crippen molar-refractivity contribution in [3.63, 3.8) is 0 Å². The van der Waals surface area contributed by atoms with E-state index in [0.717, 1.165) is 22.4 Å². The van der Waals surface area contributed by atoms with E-state index in [1.807, 2.05) is 26.8 Å². The quantitative estimate of drug-likeness (QED) is 0.548. The lowest BCUT2D eigenvalue weighted by atomic mass is 10.0. The number of hydrogen-bond acceptors (Lipinski definition) is 3. The van der Waals surface area contributed by atoms with Crippen LogP contribution in [0.15, 0.2) is 11.1 Å². The highest BCUT2D eigenvalue weighted by Gasteiger charge is 2.04. The van der Waals surface area contributed by atoms with Crippen LogP contribution in [0.1, 0.15) is 24.4 Å². The van der Waals surface area contributed by atoms with Gasteiger partial charge in [0.15, 0.2) is 0 Å². The Morgan fingerprint density at radius 1 is 1.62 bits per heavy atom. The van der Waals surface area contributed by atoms with Crippen molar-refractivity contribution in [3.05, 3.63) is 21.7 Å². The van der Waals surface area contributed by atoms with Gasteiger partial charge in [-0.05, 0) is 24.5 Å². The highest BCUT2D eigenvalue weighted by atomic mass is 32.1. The van der Waals surface area contributed by atoms with Crippen molar-refractivity contribution in [2.45, 2.75) is 20.8 Å². The molecule has 0 aliphatic rings. The van der Waals surface area contributed by atoms with E-state index in [1.165, 1.54) is 0 Å². The number of nitrogens with zero attached hydrogens (tertiary/aromatic N) is 1. The average molecular weight is 195 g/mol. The first-order valence-electron chi connectivity index (χ1n) is 4.22. The topological polar surface area (TPSA) is 30.0 Å². The van der Waals surface area contributed by atoms with Crippen molar-refractivity contribution in [2.24, 2.45) is 5.92 Å². The Labute approximate surface area is 82.3 Å². The van der Waals surface area contributed by atoms with Crippen molar-refractivity contribution in [1.82, 2.24) is 4.98 Å². The summed E-state index contributed by atoms with van der Waals surface area (Å²) in [5.74, 6) is 0.277. The number of carbonyl (C=O) groups is 1. The number of rotatable bonds is 3. The van der Waals surface area contributed by atoms with Crippen molar-refractivity contribution in [2.75, 3.05) is 0 Å². The number of carbonyl (C=O) groups excluding carboxylic acids is 1. The summed E-state index contributed by atoms with van der Waals surface area (Å²) >= 11 is 1.56. The molecule has 0 bridgehead atoms. The minimum Gasteiger partial charge on any atom is -0.298 e. The molecule has 13 heavy (non-hydrogen) atoms. The van der Waals surface area contributed by atoms with E-state index in [1.54, 1.807) is 16.8 Å². The number of allylic oxidation sites excluding steroid dienone is 1. The zero-order valence-electron chi connectivity index (χ0n) is 8.07. The molecule has 0 saturated heterocycles. The van der Waals surface area contributed by atoms with E-state index < -0.39 is 0 Å². The van der Waals surface area contributed by atoms with Crippen LogP contribution in [0.25, 0.3) is 6.08 Å². The van der Waals surface area contributed by atoms with Gasteiger partial charge in [0, 0.05) is 0 Å². The van der Waals surface area contributed by atoms with Gasteiger partial charge in [-0.25, -0.2) is 4.98 Å². The maximum Gasteiger partial charge on any atom is 0.146 e. The van der Waals surface area contributed by atoms with Crippen LogP contribution in [-0.2, 0) is 4.79 Å². The van der Waals surface area contributed by atoms with E-state index in [0.29, 0.717) is 0 Å². The van der Waals surface area contributed by atoms with E-state index in [-0.39, 0.29) is 5.92 Å². The molecule has 0 aliphatic heterocycles. The molecule has 1 rings (SSSR count). The van der Waals surface area contributed by atoms with Crippen molar-refractivity contribution < 1.29 is 4.79 Å². The van der Waals surface area contributed by atoms with Crippen LogP contribution >= 0.6 is 11.3 Å². The standard InChI is InChI=1S/C10H13NOS/c1-7(2)9(5-12)4-10-8(3)11-6-13-10/h4-7H,1-3H3. The van der Waals surface area contributed by atoms with Gasteiger partial charge in [-0.1, -0.05) is 13.8 Å². The molecule has 0 atom stereocenters. The van der Waals surface area contributed by atoms with E-state index in [4.69, 9.17) is 0 Å². The van der Waals surface area contributed by atoms with Crippen LogP contribution in [0.2, 0.25) is 0 Å². The van der Waals surface area contributed by atoms with Gasteiger partial charge in [0.1, 0.15) is 6.29 Å². The minimum absolute atomic E-state index is 0.277. The molecule has 0 aromatic carbocycles. The largest absolute Gasteiger partial charge is 0.298 e. The Hall–Kier alpha value is -0.960. The first-order valence-corrected chi connectivity index (χ1v) is 5.10. The molecular formula is C10H13NOS. The van der Waals surface area contributed by atoms with Crippen LogP contribution in [-0.4, -0.2) is 11.3 Å². The van der Waals surface area contributed by atoms with E-state index in [2.05, 4.69) is 4.98 Å². The predicted octanol–water partition coefficient (Wildman–Crippen LogP) is 2.69. The molecule has 1 aromatic rings. The van der Waals surface area contributed by atoms with Gasteiger partial charge >= 0.3 is 0 Å². The van der Waals surface area contributed by atoms with Gasteiger partial charge in [-0.2, -0.15) is 0 Å². The summed E-state index contributed by atoms with van der Waals surface area (Å²) in [6, 6.07) is 0. The van der Waals surface area contributed by atoms with Gasteiger partial charge in [-0.15, -0.1) is 11.3 Å². The molecule has 0 saturated carbocycles. The third kappa shape index (κ3) is 2.49. The van der Waals surface area contributed by atoms with Crippen LogP contribution in [0, 0.1) is 12.8 Å². The van der Waals surface area contributed by atoms with Gasteiger partial charge in [0.05, 0.1) is 16.1 Å². The van der Waals surface area contributed by atoms with E-state index in [9.17, 15) is 4.79 Å². The van der Waals surface area contributed by atoms with Gasteiger partial charge in [0.2, 0.25) is 0 Å². The lowest BCUT2D eigenvalue weighted by Gasteiger charge is -2.01. The molecule has 1 heterocycles. The number of aldehydes is 1. The van der Waals surface area contributed by atoms with Gasteiger partial charge in [-0.3, -0.25) is 4.79 Å². The van der Waals surface area contributed by atoms with Crippen LogP contribution in [0.3, 0.4) is 0 Å². The third-order valence-electron chi connectivity index (χ3n) is 1.88. The maximum absolute atomic E-state index is 10.7. The summed E-state index contributed by atoms with van der Waals surface area (Å²) < 4.78 is 0. The predicted molar refractivity (Wildman–Crippen MR) is 55.7 cm³/mol. The number of hydrogen-bond donors (Lipinski definition) is 0. The molecule has 70 valence electrons. The van der Waals surface area contributed by atoms with Gasteiger partial charge in [0.25, 0.3) is 0 Å². The Balaban J connectivity index is 2.98. The third-order valence-corrected chi connectivity index (χ3v) is 2.76. The summed E-state index contributed by atoms with van der Waals surface area (Å²) in [6.45, 7) is 5.97. The zero-order chi connectivity index (χ0) is 9.84. The molecule has 2 nitrogen and oxygen atoms in total. The number of aromatic nitrogens is 1. The Morgan fingerprint density at radius 3 is 2.69 bits per heavy atom. The van der Waals surface area contributed by atoms with Crippen LogP contribution in [0.5, 0.6) is 0 Å². The molecule has 0 spiro atoms. The summed E-state index contributed by atoms with van der Waals surface area (Å²) in [4.78, 5) is 15.9. The molecule has 1 aromatic heterocycles.